The first kappa shape index (κ1) is 14.3. The van der Waals surface area contributed by atoms with Crippen LogP contribution in [0.2, 0.25) is 0 Å². The van der Waals surface area contributed by atoms with Gasteiger partial charge in [-0.2, -0.15) is 5.10 Å². The van der Waals surface area contributed by atoms with E-state index >= 15 is 0 Å². The largest absolute Gasteiger partial charge is 0.490 e. The molecule has 0 aliphatic heterocycles. The Bertz CT molecular complexity index is 592. The topological polar surface area (TPSA) is 50.7 Å². The average Bonchev–Trinajstić information content (AvgIpc) is 2.91. The number of hydrogen-bond donors (Lipinski definition) is 1. The number of carbonyl (C=O) groups is 1. The van der Waals surface area contributed by atoms with Crippen LogP contribution in [0.25, 0.3) is 0 Å². The van der Waals surface area contributed by atoms with Gasteiger partial charge in [0.15, 0.2) is 0 Å². The third-order valence-corrected chi connectivity index (χ3v) is 3.20. The molecule has 0 spiro atoms. The second-order valence-electron chi connectivity index (χ2n) is 4.38. The Labute approximate surface area is 122 Å². The Hall–Kier alpha value is -2.14. The molecule has 0 radical (unpaired) electrons. The molecule has 1 amide bonds. The van der Waals surface area contributed by atoms with E-state index in [1.807, 2.05) is 37.4 Å². The number of nitrogens with one attached hydrogen (secondary N) is 1. The maximum Gasteiger partial charge on any atom is 0.275 e. The second-order valence-corrected chi connectivity index (χ2v) is 5.36. The Kier molecular flexibility index (Phi) is 4.90. The van der Waals surface area contributed by atoms with Gasteiger partial charge in [-0.1, -0.05) is 18.2 Å². The van der Waals surface area contributed by atoms with Crippen LogP contribution >= 0.6 is 11.3 Å². The summed E-state index contributed by atoms with van der Waals surface area (Å²) in [5, 5.41) is 5.89. The number of amides is 1. The van der Waals surface area contributed by atoms with Gasteiger partial charge in [0, 0.05) is 4.88 Å². The highest BCUT2D eigenvalue weighted by atomic mass is 32.1. The van der Waals surface area contributed by atoms with Crippen molar-refractivity contribution >= 4 is 23.5 Å². The van der Waals surface area contributed by atoms with E-state index < -0.39 is 0 Å². The van der Waals surface area contributed by atoms with E-state index in [2.05, 4.69) is 10.5 Å². The lowest BCUT2D eigenvalue weighted by Gasteiger charge is -2.12. The zero-order valence-electron chi connectivity index (χ0n) is 11.4. The van der Waals surface area contributed by atoms with Gasteiger partial charge in [-0.05, 0) is 37.4 Å². The molecule has 0 atom stereocenters. The molecule has 1 N–H and O–H groups in total. The van der Waals surface area contributed by atoms with E-state index in [0.29, 0.717) is 11.3 Å². The van der Waals surface area contributed by atoms with Crippen LogP contribution in [-0.2, 0) is 0 Å². The minimum atomic E-state index is -0.283. The van der Waals surface area contributed by atoms with Crippen LogP contribution in [0.15, 0.2) is 46.9 Å². The van der Waals surface area contributed by atoms with Gasteiger partial charge in [0.2, 0.25) is 0 Å². The molecule has 0 saturated carbocycles. The molecule has 1 aromatic carbocycles. The summed E-state index contributed by atoms with van der Waals surface area (Å²) in [6, 6.07) is 11.0. The summed E-state index contributed by atoms with van der Waals surface area (Å²) in [5.74, 6) is 0.278. The fraction of sp³-hybridized carbons (Fsp3) is 0.200. The minimum Gasteiger partial charge on any atom is -0.490 e. The molecule has 4 nitrogen and oxygen atoms in total. The van der Waals surface area contributed by atoms with Gasteiger partial charge in [0.1, 0.15) is 5.75 Å². The van der Waals surface area contributed by atoms with Gasteiger partial charge in [-0.25, -0.2) is 5.43 Å². The number of ether oxygens (including phenoxy) is 1. The van der Waals surface area contributed by atoms with Gasteiger partial charge in [-0.3, -0.25) is 4.79 Å². The van der Waals surface area contributed by atoms with Crippen molar-refractivity contribution < 1.29 is 9.53 Å². The van der Waals surface area contributed by atoms with Gasteiger partial charge < -0.3 is 4.74 Å². The van der Waals surface area contributed by atoms with Crippen molar-refractivity contribution in [1.82, 2.24) is 5.43 Å². The smallest absolute Gasteiger partial charge is 0.275 e. The highest BCUT2D eigenvalue weighted by molar-refractivity contribution is 7.11. The summed E-state index contributed by atoms with van der Waals surface area (Å²) >= 11 is 1.56. The fourth-order valence-corrected chi connectivity index (χ4v) is 2.18. The normalized spacial score (nSPS) is 10.9. The summed E-state index contributed by atoms with van der Waals surface area (Å²) in [6.07, 6.45) is 1.63. The van der Waals surface area contributed by atoms with E-state index in [1.54, 1.807) is 35.8 Å². The number of thiophene rings is 1. The van der Waals surface area contributed by atoms with Crippen LogP contribution in [0.4, 0.5) is 0 Å². The number of carbonyl (C=O) groups excluding carboxylic acids is 1. The Balaban J connectivity index is 2.05. The van der Waals surface area contributed by atoms with E-state index in [-0.39, 0.29) is 12.0 Å². The molecule has 0 saturated heterocycles. The Morgan fingerprint density at radius 1 is 1.30 bits per heavy atom. The van der Waals surface area contributed by atoms with Crippen molar-refractivity contribution in [2.24, 2.45) is 5.10 Å². The van der Waals surface area contributed by atoms with Crippen LogP contribution in [0, 0.1) is 0 Å². The van der Waals surface area contributed by atoms with Crippen molar-refractivity contribution in [3.63, 3.8) is 0 Å². The van der Waals surface area contributed by atoms with Crippen molar-refractivity contribution in [2.75, 3.05) is 0 Å². The van der Waals surface area contributed by atoms with Crippen LogP contribution in [0.1, 0.15) is 29.1 Å². The highest BCUT2D eigenvalue weighted by Crippen LogP contribution is 2.19. The summed E-state index contributed by atoms with van der Waals surface area (Å²) in [7, 11) is 0. The maximum atomic E-state index is 12.1. The predicted molar refractivity (Wildman–Crippen MR) is 81.6 cm³/mol. The molecule has 0 bridgehead atoms. The summed E-state index contributed by atoms with van der Waals surface area (Å²) in [6.45, 7) is 3.84. The molecule has 2 rings (SSSR count). The van der Waals surface area contributed by atoms with Crippen molar-refractivity contribution in [3.05, 3.63) is 52.2 Å². The first-order valence-electron chi connectivity index (χ1n) is 6.29. The van der Waals surface area contributed by atoms with Crippen LogP contribution in [0.5, 0.6) is 5.75 Å². The summed E-state index contributed by atoms with van der Waals surface area (Å²) in [4.78, 5) is 13.1. The lowest BCUT2D eigenvalue weighted by molar-refractivity contribution is 0.0949. The number of benzene rings is 1. The van der Waals surface area contributed by atoms with E-state index in [0.717, 1.165) is 4.88 Å². The maximum absolute atomic E-state index is 12.1. The molecular formula is C15H16N2O2S. The average molecular weight is 288 g/mol. The molecule has 104 valence electrons. The molecule has 20 heavy (non-hydrogen) atoms. The Morgan fingerprint density at radius 2 is 2.10 bits per heavy atom. The second kappa shape index (κ2) is 6.86. The lowest BCUT2D eigenvalue weighted by atomic mass is 10.2. The Morgan fingerprint density at radius 3 is 2.80 bits per heavy atom. The predicted octanol–water partition coefficient (Wildman–Crippen LogP) is 3.30. The lowest BCUT2D eigenvalue weighted by Crippen LogP contribution is -2.19. The third-order valence-electron chi connectivity index (χ3n) is 2.40. The molecule has 1 aromatic heterocycles. The quantitative estimate of drug-likeness (QED) is 0.678. The van der Waals surface area contributed by atoms with Gasteiger partial charge in [0.25, 0.3) is 5.91 Å². The van der Waals surface area contributed by atoms with Crippen LogP contribution < -0.4 is 10.2 Å². The van der Waals surface area contributed by atoms with Crippen LogP contribution in [-0.4, -0.2) is 18.2 Å². The SMILES string of the molecule is CC(C)Oc1ccccc1C(=O)N/N=C/c1cccs1. The standard InChI is InChI=1S/C15H16N2O2S/c1-11(2)19-14-8-4-3-7-13(14)15(18)17-16-10-12-6-5-9-20-12/h3-11H,1-2H3,(H,17,18)/b16-10+. The van der Waals surface area contributed by atoms with Crippen molar-refractivity contribution in [2.45, 2.75) is 20.0 Å². The van der Waals surface area contributed by atoms with E-state index in [4.69, 9.17) is 4.74 Å². The third kappa shape index (κ3) is 3.93. The molecule has 0 aliphatic carbocycles. The first-order chi connectivity index (χ1) is 9.66. The molecular weight excluding hydrogens is 272 g/mol. The van der Waals surface area contributed by atoms with Gasteiger partial charge in [-0.15, -0.1) is 11.3 Å². The first-order valence-corrected chi connectivity index (χ1v) is 7.17. The number of para-hydroxylation sites is 1. The minimum absolute atomic E-state index is 0.0126. The number of rotatable bonds is 5. The number of hydrazone groups is 1. The van der Waals surface area contributed by atoms with Crippen molar-refractivity contribution in [3.8, 4) is 5.75 Å². The fourth-order valence-electron chi connectivity index (χ4n) is 1.59. The van der Waals surface area contributed by atoms with E-state index in [1.165, 1.54) is 0 Å². The molecule has 0 aliphatic rings. The van der Waals surface area contributed by atoms with Crippen LogP contribution in [0.3, 0.4) is 0 Å². The molecule has 1 heterocycles. The monoisotopic (exact) mass is 288 g/mol. The van der Waals surface area contributed by atoms with Gasteiger partial charge in [0.05, 0.1) is 17.9 Å². The summed E-state index contributed by atoms with van der Waals surface area (Å²) < 4.78 is 5.61. The highest BCUT2D eigenvalue weighted by Gasteiger charge is 2.12. The van der Waals surface area contributed by atoms with E-state index in [9.17, 15) is 4.79 Å². The number of nitrogens with zero attached hydrogens (tertiary/aromatic N) is 1. The molecule has 5 heteroatoms. The zero-order chi connectivity index (χ0) is 14.4. The van der Waals surface area contributed by atoms with Crippen molar-refractivity contribution in [1.29, 1.82) is 0 Å². The zero-order valence-corrected chi connectivity index (χ0v) is 12.2. The molecule has 0 fully saturated rings. The molecule has 0 unspecified atom stereocenters. The molecule has 2 aromatic rings. The summed E-state index contributed by atoms with van der Waals surface area (Å²) in [5.41, 5.74) is 2.98. The van der Waals surface area contributed by atoms with Gasteiger partial charge >= 0.3 is 0 Å². The number of hydrogen-bond acceptors (Lipinski definition) is 4.